The van der Waals surface area contributed by atoms with Crippen molar-refractivity contribution in [2.45, 2.75) is 0 Å². The van der Waals surface area contributed by atoms with E-state index in [1.807, 2.05) is 18.2 Å². The van der Waals surface area contributed by atoms with Crippen LogP contribution in [0.1, 0.15) is 0 Å². The normalized spacial score (nSPS) is 10.9. The SMILES string of the molecule is COc1ccc(-n2c(N)nc3cccc(Cl)c32)cc1Cl. The Labute approximate surface area is 125 Å². The third-order valence-corrected chi connectivity index (χ3v) is 3.65. The zero-order chi connectivity index (χ0) is 14.3. The summed E-state index contributed by atoms with van der Waals surface area (Å²) in [6.07, 6.45) is 0. The summed E-state index contributed by atoms with van der Waals surface area (Å²) in [4.78, 5) is 4.30. The second-order valence-corrected chi connectivity index (χ2v) is 5.05. The number of fused-ring (bicyclic) bond motifs is 1. The first kappa shape index (κ1) is 13.1. The van der Waals surface area contributed by atoms with Crippen molar-refractivity contribution in [3.63, 3.8) is 0 Å². The molecule has 0 spiro atoms. The van der Waals surface area contributed by atoms with E-state index in [1.54, 1.807) is 29.9 Å². The molecule has 0 aliphatic carbocycles. The van der Waals surface area contributed by atoms with Crippen LogP contribution >= 0.6 is 23.2 Å². The largest absolute Gasteiger partial charge is 0.495 e. The predicted molar refractivity (Wildman–Crippen MR) is 82.1 cm³/mol. The van der Waals surface area contributed by atoms with E-state index in [0.29, 0.717) is 21.7 Å². The number of aromatic nitrogens is 2. The van der Waals surface area contributed by atoms with Gasteiger partial charge in [-0.25, -0.2) is 4.98 Å². The summed E-state index contributed by atoms with van der Waals surface area (Å²) in [5.74, 6) is 0.957. The lowest BCUT2D eigenvalue weighted by Crippen LogP contribution is -2.01. The summed E-state index contributed by atoms with van der Waals surface area (Å²) in [5.41, 5.74) is 8.27. The lowest BCUT2D eigenvalue weighted by atomic mass is 10.2. The van der Waals surface area contributed by atoms with Crippen molar-refractivity contribution in [1.29, 1.82) is 0 Å². The second-order valence-electron chi connectivity index (χ2n) is 4.23. The Kier molecular flexibility index (Phi) is 3.20. The summed E-state index contributed by atoms with van der Waals surface area (Å²) in [5, 5.41) is 1.08. The van der Waals surface area contributed by atoms with E-state index in [0.717, 1.165) is 16.7 Å². The Balaban J connectivity index is 2.29. The van der Waals surface area contributed by atoms with Crippen LogP contribution in [-0.2, 0) is 0 Å². The molecule has 3 rings (SSSR count). The Hall–Kier alpha value is -1.91. The molecular formula is C14H11Cl2N3O. The molecule has 3 aromatic rings. The van der Waals surface area contributed by atoms with Crippen LogP contribution in [0.4, 0.5) is 5.95 Å². The van der Waals surface area contributed by atoms with E-state index in [9.17, 15) is 0 Å². The topological polar surface area (TPSA) is 53.1 Å². The first-order chi connectivity index (χ1) is 9.61. The average Bonchev–Trinajstić information content (AvgIpc) is 2.76. The van der Waals surface area contributed by atoms with Gasteiger partial charge >= 0.3 is 0 Å². The molecule has 2 N–H and O–H groups in total. The van der Waals surface area contributed by atoms with E-state index < -0.39 is 0 Å². The van der Waals surface area contributed by atoms with Crippen LogP contribution in [0.2, 0.25) is 10.0 Å². The number of imidazole rings is 1. The fourth-order valence-corrected chi connectivity index (χ4v) is 2.67. The van der Waals surface area contributed by atoms with Crippen LogP contribution in [0.3, 0.4) is 0 Å². The molecule has 0 aliphatic heterocycles. The lowest BCUT2D eigenvalue weighted by molar-refractivity contribution is 0.415. The molecule has 1 aromatic heterocycles. The van der Waals surface area contributed by atoms with Gasteiger partial charge in [0.1, 0.15) is 5.75 Å². The third-order valence-electron chi connectivity index (χ3n) is 3.05. The molecule has 0 aliphatic rings. The van der Waals surface area contributed by atoms with Crippen LogP contribution < -0.4 is 10.5 Å². The van der Waals surface area contributed by atoms with Crippen LogP contribution in [0.15, 0.2) is 36.4 Å². The van der Waals surface area contributed by atoms with Gasteiger partial charge < -0.3 is 10.5 Å². The molecular weight excluding hydrogens is 297 g/mol. The minimum atomic E-state index is 0.356. The number of halogens is 2. The van der Waals surface area contributed by atoms with Crippen molar-refractivity contribution in [3.8, 4) is 11.4 Å². The number of nitrogens with two attached hydrogens (primary N) is 1. The number of benzene rings is 2. The maximum atomic E-state index is 6.25. The molecule has 2 aromatic carbocycles. The fourth-order valence-electron chi connectivity index (χ4n) is 2.16. The highest BCUT2D eigenvalue weighted by Crippen LogP contribution is 2.32. The van der Waals surface area contributed by atoms with Gasteiger partial charge in [-0.1, -0.05) is 29.3 Å². The van der Waals surface area contributed by atoms with Gasteiger partial charge in [0.05, 0.1) is 33.9 Å². The number of methoxy groups -OCH3 is 1. The predicted octanol–water partition coefficient (Wildman–Crippen LogP) is 3.92. The standard InChI is InChI=1S/C14H11Cl2N3O/c1-20-12-6-5-8(7-10(12)16)19-13-9(15)3-2-4-11(13)18-14(19)17/h2-7H,1H3,(H2,17,18). The Morgan fingerprint density at radius 2 is 1.95 bits per heavy atom. The Morgan fingerprint density at radius 1 is 1.15 bits per heavy atom. The molecule has 0 saturated heterocycles. The fraction of sp³-hybridized carbons (Fsp3) is 0.0714. The highest BCUT2D eigenvalue weighted by Gasteiger charge is 2.14. The Bertz CT molecular complexity index is 798. The maximum absolute atomic E-state index is 6.25. The zero-order valence-electron chi connectivity index (χ0n) is 10.6. The molecule has 0 unspecified atom stereocenters. The lowest BCUT2D eigenvalue weighted by Gasteiger charge is -2.10. The van der Waals surface area contributed by atoms with E-state index in [-0.39, 0.29) is 0 Å². The van der Waals surface area contributed by atoms with Crippen molar-refractivity contribution in [3.05, 3.63) is 46.4 Å². The number of rotatable bonds is 2. The van der Waals surface area contributed by atoms with Crippen LogP contribution in [0.5, 0.6) is 5.75 Å². The van der Waals surface area contributed by atoms with Gasteiger partial charge in [-0.05, 0) is 30.3 Å². The highest BCUT2D eigenvalue weighted by molar-refractivity contribution is 6.35. The quantitative estimate of drug-likeness (QED) is 0.780. The molecule has 0 radical (unpaired) electrons. The zero-order valence-corrected chi connectivity index (χ0v) is 12.1. The summed E-state index contributed by atoms with van der Waals surface area (Å²) in [7, 11) is 1.57. The second kappa shape index (κ2) is 4.89. The number of hydrogen-bond donors (Lipinski definition) is 1. The summed E-state index contributed by atoms with van der Waals surface area (Å²) >= 11 is 12.4. The van der Waals surface area contributed by atoms with Crippen LogP contribution in [-0.4, -0.2) is 16.7 Å². The van der Waals surface area contributed by atoms with Crippen molar-refractivity contribution >= 4 is 40.2 Å². The van der Waals surface area contributed by atoms with E-state index in [4.69, 9.17) is 33.7 Å². The average molecular weight is 308 g/mol. The summed E-state index contributed by atoms with van der Waals surface area (Å²) in [6, 6.07) is 10.9. The minimum absolute atomic E-state index is 0.356. The molecule has 0 saturated carbocycles. The number of para-hydroxylation sites is 1. The molecule has 6 heteroatoms. The summed E-state index contributed by atoms with van der Waals surface area (Å²) in [6.45, 7) is 0. The molecule has 0 fully saturated rings. The van der Waals surface area contributed by atoms with Gasteiger partial charge in [0.15, 0.2) is 0 Å². The third kappa shape index (κ3) is 1.97. The maximum Gasteiger partial charge on any atom is 0.205 e. The first-order valence-electron chi connectivity index (χ1n) is 5.88. The van der Waals surface area contributed by atoms with Gasteiger partial charge in [0.25, 0.3) is 0 Å². The molecule has 0 amide bonds. The van der Waals surface area contributed by atoms with E-state index >= 15 is 0 Å². The monoisotopic (exact) mass is 307 g/mol. The molecule has 4 nitrogen and oxygen atoms in total. The van der Waals surface area contributed by atoms with Gasteiger partial charge in [-0.2, -0.15) is 0 Å². The number of nitrogen functional groups attached to an aromatic ring is 1. The van der Waals surface area contributed by atoms with Crippen molar-refractivity contribution < 1.29 is 4.74 Å². The molecule has 102 valence electrons. The Morgan fingerprint density at radius 3 is 2.65 bits per heavy atom. The first-order valence-corrected chi connectivity index (χ1v) is 6.64. The van der Waals surface area contributed by atoms with Crippen molar-refractivity contribution in [2.75, 3.05) is 12.8 Å². The van der Waals surface area contributed by atoms with Gasteiger partial charge in [0.2, 0.25) is 5.95 Å². The molecule has 0 atom stereocenters. The van der Waals surface area contributed by atoms with Gasteiger partial charge in [-0.15, -0.1) is 0 Å². The van der Waals surface area contributed by atoms with E-state index in [2.05, 4.69) is 4.98 Å². The van der Waals surface area contributed by atoms with Gasteiger partial charge in [0, 0.05) is 0 Å². The summed E-state index contributed by atoms with van der Waals surface area (Å²) < 4.78 is 6.91. The molecule has 0 bridgehead atoms. The highest BCUT2D eigenvalue weighted by atomic mass is 35.5. The number of hydrogen-bond acceptors (Lipinski definition) is 3. The van der Waals surface area contributed by atoms with Gasteiger partial charge in [-0.3, -0.25) is 4.57 Å². The number of ether oxygens (including phenoxy) is 1. The number of nitrogens with zero attached hydrogens (tertiary/aromatic N) is 2. The molecule has 20 heavy (non-hydrogen) atoms. The molecule has 1 heterocycles. The van der Waals surface area contributed by atoms with E-state index in [1.165, 1.54) is 0 Å². The minimum Gasteiger partial charge on any atom is -0.495 e. The van der Waals surface area contributed by atoms with Crippen molar-refractivity contribution in [2.24, 2.45) is 0 Å². The number of anilines is 1. The smallest absolute Gasteiger partial charge is 0.205 e. The van der Waals surface area contributed by atoms with Crippen LogP contribution in [0, 0.1) is 0 Å². The van der Waals surface area contributed by atoms with Crippen molar-refractivity contribution in [1.82, 2.24) is 9.55 Å². The van der Waals surface area contributed by atoms with Crippen LogP contribution in [0.25, 0.3) is 16.7 Å².